The summed E-state index contributed by atoms with van der Waals surface area (Å²) < 4.78 is 0. The van der Waals surface area contributed by atoms with Gasteiger partial charge in [0.05, 0.1) is 29.7 Å². The quantitative estimate of drug-likeness (QED) is 0.575. The van der Waals surface area contributed by atoms with Crippen molar-refractivity contribution in [3.8, 4) is 17.3 Å². The summed E-state index contributed by atoms with van der Waals surface area (Å²) in [6.07, 6.45) is 7.81. The highest BCUT2D eigenvalue weighted by molar-refractivity contribution is 6.06. The lowest BCUT2D eigenvalue weighted by molar-refractivity contribution is -0.137. The molecule has 4 rings (SSSR count). The molecule has 0 unspecified atom stereocenters. The van der Waals surface area contributed by atoms with Gasteiger partial charge in [-0.2, -0.15) is 10.4 Å². The van der Waals surface area contributed by atoms with Gasteiger partial charge in [-0.25, -0.2) is 9.97 Å². The molecule has 1 saturated heterocycles. The zero-order valence-electron chi connectivity index (χ0n) is 18.3. The molecule has 3 N–H and O–H groups in total. The van der Waals surface area contributed by atoms with Crippen LogP contribution in [0.25, 0.3) is 22.4 Å². The van der Waals surface area contributed by atoms with E-state index >= 15 is 0 Å². The molecular weight excluding hydrogens is 408 g/mol. The van der Waals surface area contributed by atoms with E-state index in [2.05, 4.69) is 36.5 Å². The number of amides is 2. The second kappa shape index (κ2) is 8.42. The number of fused-ring (bicyclic) bond motifs is 1. The number of carbonyl (C=O) groups excluding carboxylic acids is 2. The van der Waals surface area contributed by atoms with Crippen molar-refractivity contribution in [2.75, 3.05) is 13.1 Å². The van der Waals surface area contributed by atoms with Crippen molar-refractivity contribution in [1.82, 2.24) is 35.4 Å². The average molecular weight is 435 g/mol. The van der Waals surface area contributed by atoms with E-state index in [0.717, 1.165) is 5.56 Å². The van der Waals surface area contributed by atoms with Gasteiger partial charge >= 0.3 is 0 Å². The molecule has 10 nitrogen and oxygen atoms in total. The van der Waals surface area contributed by atoms with Gasteiger partial charge in [0.15, 0.2) is 5.65 Å². The van der Waals surface area contributed by atoms with Crippen molar-refractivity contribution in [3.05, 3.63) is 30.4 Å². The van der Waals surface area contributed by atoms with Gasteiger partial charge < -0.3 is 15.2 Å². The molecule has 1 atom stereocenters. The van der Waals surface area contributed by atoms with Crippen LogP contribution in [0.15, 0.2) is 24.8 Å². The Morgan fingerprint density at radius 2 is 2.00 bits per heavy atom. The second-order valence-electron chi connectivity index (χ2n) is 9.14. The van der Waals surface area contributed by atoms with Crippen LogP contribution in [-0.4, -0.2) is 61.0 Å². The molecule has 32 heavy (non-hydrogen) atoms. The average Bonchev–Trinajstić information content (AvgIpc) is 3.45. The number of piperidine rings is 1. The number of nitriles is 1. The highest BCUT2D eigenvalue weighted by Gasteiger charge is 2.37. The third kappa shape index (κ3) is 4.19. The molecule has 3 aromatic heterocycles. The van der Waals surface area contributed by atoms with Crippen LogP contribution in [0.5, 0.6) is 0 Å². The van der Waals surface area contributed by atoms with Crippen LogP contribution in [0.2, 0.25) is 0 Å². The summed E-state index contributed by atoms with van der Waals surface area (Å²) in [6, 6.07) is 1.56. The molecule has 0 bridgehead atoms. The number of rotatable bonds is 4. The van der Waals surface area contributed by atoms with Gasteiger partial charge in [-0.15, -0.1) is 0 Å². The van der Waals surface area contributed by atoms with E-state index in [1.165, 1.54) is 0 Å². The highest BCUT2D eigenvalue weighted by Crippen LogP contribution is 2.26. The molecule has 4 heterocycles. The standard InChI is InChI=1S/C22H26N8O2/c1-22(2,3)18(21(32)30-6-4-13(8-23)5-7-30)29-20(31)15-11-24-19-17(15)28-16(12-25-19)14-9-26-27-10-14/h9-13,18H,4-7H2,1-3H3,(H,24,25)(H,26,27)(H,29,31)/t18-/m0/s1. The number of aromatic amines is 2. The Bertz CT molecular complexity index is 1160. The number of nitrogens with zero attached hydrogens (tertiary/aromatic N) is 5. The molecule has 0 saturated carbocycles. The lowest BCUT2D eigenvalue weighted by Crippen LogP contribution is -2.56. The van der Waals surface area contributed by atoms with E-state index in [1.54, 1.807) is 29.7 Å². The number of hydrogen-bond donors (Lipinski definition) is 3. The van der Waals surface area contributed by atoms with E-state index in [4.69, 9.17) is 5.26 Å². The fourth-order valence-corrected chi connectivity index (χ4v) is 3.86. The largest absolute Gasteiger partial charge is 0.344 e. The summed E-state index contributed by atoms with van der Waals surface area (Å²) in [4.78, 5) is 40.2. The molecular formula is C22H26N8O2. The topological polar surface area (TPSA) is 143 Å². The maximum atomic E-state index is 13.3. The van der Waals surface area contributed by atoms with Crippen molar-refractivity contribution >= 4 is 23.0 Å². The van der Waals surface area contributed by atoms with Crippen molar-refractivity contribution in [2.24, 2.45) is 11.3 Å². The third-order valence-electron chi connectivity index (χ3n) is 5.80. The number of nitrogens with one attached hydrogen (secondary N) is 3. The predicted molar refractivity (Wildman–Crippen MR) is 117 cm³/mol. The van der Waals surface area contributed by atoms with Gasteiger partial charge in [-0.3, -0.25) is 14.7 Å². The summed E-state index contributed by atoms with van der Waals surface area (Å²) in [5.41, 5.74) is 2.08. The van der Waals surface area contributed by atoms with Crippen molar-refractivity contribution < 1.29 is 9.59 Å². The minimum Gasteiger partial charge on any atom is -0.344 e. The van der Waals surface area contributed by atoms with E-state index in [0.29, 0.717) is 48.4 Å². The van der Waals surface area contributed by atoms with E-state index in [-0.39, 0.29) is 11.8 Å². The maximum absolute atomic E-state index is 13.3. The number of H-pyrrole nitrogens is 2. The second-order valence-corrected chi connectivity index (χ2v) is 9.14. The van der Waals surface area contributed by atoms with Gasteiger partial charge in [0, 0.05) is 37.0 Å². The van der Waals surface area contributed by atoms with Crippen LogP contribution < -0.4 is 5.32 Å². The minimum absolute atomic E-state index is 0.0176. The Morgan fingerprint density at radius 3 is 2.62 bits per heavy atom. The summed E-state index contributed by atoms with van der Waals surface area (Å²) in [6.45, 7) is 6.80. The molecule has 0 radical (unpaired) electrons. The first-order valence-corrected chi connectivity index (χ1v) is 10.6. The van der Waals surface area contributed by atoms with E-state index in [9.17, 15) is 9.59 Å². The smallest absolute Gasteiger partial charge is 0.255 e. The highest BCUT2D eigenvalue weighted by atomic mass is 16.2. The minimum atomic E-state index is -0.719. The van der Waals surface area contributed by atoms with Crippen LogP contribution >= 0.6 is 0 Å². The van der Waals surface area contributed by atoms with E-state index < -0.39 is 17.4 Å². The molecule has 0 aliphatic carbocycles. The molecule has 0 aromatic carbocycles. The monoisotopic (exact) mass is 434 g/mol. The first kappa shape index (κ1) is 21.5. The normalized spacial score (nSPS) is 16.0. The first-order chi connectivity index (χ1) is 15.3. The predicted octanol–water partition coefficient (Wildman–Crippen LogP) is 2.25. The Morgan fingerprint density at radius 1 is 1.25 bits per heavy atom. The third-order valence-corrected chi connectivity index (χ3v) is 5.80. The summed E-state index contributed by atoms with van der Waals surface area (Å²) >= 11 is 0. The molecule has 166 valence electrons. The molecule has 1 fully saturated rings. The first-order valence-electron chi connectivity index (χ1n) is 10.6. The molecule has 2 amide bonds. The Balaban J connectivity index is 1.57. The number of likely N-dealkylation sites (tertiary alicyclic amines) is 1. The Kier molecular flexibility index (Phi) is 5.65. The molecule has 1 aliphatic heterocycles. The summed E-state index contributed by atoms with van der Waals surface area (Å²) in [5.74, 6) is -0.543. The number of aromatic nitrogens is 5. The van der Waals surface area contributed by atoms with Crippen LogP contribution in [0.3, 0.4) is 0 Å². The van der Waals surface area contributed by atoms with E-state index in [1.807, 2.05) is 20.8 Å². The van der Waals surface area contributed by atoms with Crippen LogP contribution in [0.4, 0.5) is 0 Å². The Hall–Kier alpha value is -3.74. The lowest BCUT2D eigenvalue weighted by Gasteiger charge is -2.37. The molecule has 10 heteroatoms. The molecule has 3 aromatic rings. The van der Waals surface area contributed by atoms with Gasteiger partial charge in [-0.1, -0.05) is 20.8 Å². The zero-order valence-corrected chi connectivity index (χ0v) is 18.3. The maximum Gasteiger partial charge on any atom is 0.255 e. The molecule has 1 aliphatic rings. The van der Waals surface area contributed by atoms with Crippen LogP contribution in [-0.2, 0) is 4.79 Å². The van der Waals surface area contributed by atoms with Gasteiger partial charge in [0.25, 0.3) is 5.91 Å². The van der Waals surface area contributed by atoms with Crippen molar-refractivity contribution in [2.45, 2.75) is 39.7 Å². The number of hydrogen-bond acceptors (Lipinski definition) is 6. The zero-order chi connectivity index (χ0) is 22.9. The lowest BCUT2D eigenvalue weighted by atomic mass is 9.85. The summed E-state index contributed by atoms with van der Waals surface area (Å²) in [7, 11) is 0. The van der Waals surface area contributed by atoms with Gasteiger partial charge in [0.1, 0.15) is 11.6 Å². The summed E-state index contributed by atoms with van der Waals surface area (Å²) in [5, 5.41) is 18.7. The van der Waals surface area contributed by atoms with Crippen molar-refractivity contribution in [3.63, 3.8) is 0 Å². The Labute approximate surface area is 185 Å². The SMILES string of the molecule is CC(C)(C)[C@@H](NC(=O)c1c[nH]c2ncc(-c3cn[nH]c3)nc12)C(=O)N1CCC(C#N)CC1. The van der Waals surface area contributed by atoms with Gasteiger partial charge in [0.2, 0.25) is 5.91 Å². The van der Waals surface area contributed by atoms with Crippen LogP contribution in [0.1, 0.15) is 44.0 Å². The molecule has 0 spiro atoms. The number of carbonyl (C=O) groups is 2. The fourth-order valence-electron chi connectivity index (χ4n) is 3.86. The fraction of sp³-hybridized carbons (Fsp3) is 0.455. The van der Waals surface area contributed by atoms with Crippen molar-refractivity contribution in [1.29, 1.82) is 5.26 Å². The van der Waals surface area contributed by atoms with Crippen LogP contribution in [0, 0.1) is 22.7 Å². The van der Waals surface area contributed by atoms with Gasteiger partial charge in [-0.05, 0) is 18.3 Å².